The van der Waals surface area contributed by atoms with E-state index in [0.29, 0.717) is 35.4 Å². The maximum absolute atomic E-state index is 12.9. The summed E-state index contributed by atoms with van der Waals surface area (Å²) in [5.74, 6) is 1.30. The molecule has 1 amide bonds. The molecule has 28 heavy (non-hydrogen) atoms. The molecule has 3 heterocycles. The maximum Gasteiger partial charge on any atom is 0.253 e. The summed E-state index contributed by atoms with van der Waals surface area (Å²) in [7, 11) is 1.93. The largest absolute Gasteiger partial charge is 0.339 e. The van der Waals surface area contributed by atoms with Crippen LogP contribution in [0.5, 0.6) is 0 Å². The van der Waals surface area contributed by atoms with E-state index < -0.39 is 0 Å². The fourth-order valence-corrected chi connectivity index (χ4v) is 4.37. The van der Waals surface area contributed by atoms with E-state index in [0.717, 1.165) is 24.8 Å². The molecule has 2 fully saturated rings. The molecule has 150 valence electrons. The van der Waals surface area contributed by atoms with Crippen LogP contribution < -0.4 is 5.32 Å². The first-order chi connectivity index (χ1) is 13.3. The van der Waals surface area contributed by atoms with Crippen molar-refractivity contribution < 1.29 is 9.32 Å². The van der Waals surface area contributed by atoms with Crippen LogP contribution in [0.1, 0.15) is 62.7 Å². The van der Waals surface area contributed by atoms with Crippen LogP contribution in [0.4, 0.5) is 0 Å². The van der Waals surface area contributed by atoms with Crippen LogP contribution >= 0.6 is 0 Å². The van der Waals surface area contributed by atoms with E-state index in [2.05, 4.69) is 36.2 Å². The smallest absolute Gasteiger partial charge is 0.253 e. The second kappa shape index (κ2) is 7.32. The number of hydrogen-bond donors (Lipinski definition) is 1. The van der Waals surface area contributed by atoms with Crippen LogP contribution in [0.2, 0.25) is 0 Å². The Morgan fingerprint density at radius 2 is 1.82 bits per heavy atom. The van der Waals surface area contributed by atoms with E-state index in [1.54, 1.807) is 0 Å². The first kappa shape index (κ1) is 19.1. The van der Waals surface area contributed by atoms with Crippen molar-refractivity contribution in [3.8, 4) is 11.4 Å². The zero-order valence-electron chi connectivity index (χ0n) is 17.2. The Morgan fingerprint density at radius 1 is 1.18 bits per heavy atom. The third-order valence-electron chi connectivity index (χ3n) is 5.86. The first-order valence-electron chi connectivity index (χ1n) is 10.2. The number of rotatable bonds is 4. The molecule has 2 bridgehead atoms. The quantitative estimate of drug-likeness (QED) is 0.873. The fourth-order valence-electron chi connectivity index (χ4n) is 4.37. The normalized spacial score (nSPS) is 24.4. The molecular weight excluding hydrogens is 352 g/mol. The van der Waals surface area contributed by atoms with Crippen molar-refractivity contribution in [2.24, 2.45) is 5.41 Å². The summed E-state index contributed by atoms with van der Waals surface area (Å²) in [6, 6.07) is 9.00. The molecule has 1 N–H and O–H groups in total. The molecule has 2 saturated heterocycles. The van der Waals surface area contributed by atoms with Gasteiger partial charge in [-0.15, -0.1) is 0 Å². The van der Waals surface area contributed by atoms with Gasteiger partial charge in [0.05, 0.1) is 0 Å². The number of fused-ring (bicyclic) bond motifs is 2. The molecule has 6 heteroatoms. The molecule has 0 saturated carbocycles. The molecule has 6 nitrogen and oxygen atoms in total. The number of nitrogens with one attached hydrogen (secondary N) is 1. The van der Waals surface area contributed by atoms with Crippen LogP contribution in [0.3, 0.4) is 0 Å². The highest BCUT2D eigenvalue weighted by molar-refractivity contribution is 5.94. The molecule has 1 aromatic heterocycles. The van der Waals surface area contributed by atoms with E-state index in [1.807, 2.05) is 36.2 Å². The molecule has 0 radical (unpaired) electrons. The van der Waals surface area contributed by atoms with Crippen molar-refractivity contribution >= 4 is 5.91 Å². The first-order valence-corrected chi connectivity index (χ1v) is 10.2. The lowest BCUT2D eigenvalue weighted by Gasteiger charge is -2.35. The van der Waals surface area contributed by atoms with Crippen LogP contribution in [-0.4, -0.2) is 46.1 Å². The van der Waals surface area contributed by atoms with Crippen LogP contribution in [-0.2, 0) is 6.42 Å². The van der Waals surface area contributed by atoms with Gasteiger partial charge in [-0.3, -0.25) is 4.79 Å². The van der Waals surface area contributed by atoms with Gasteiger partial charge in [0.25, 0.3) is 5.91 Å². The molecule has 2 aliphatic heterocycles. The second-order valence-corrected chi connectivity index (χ2v) is 9.51. The summed E-state index contributed by atoms with van der Waals surface area (Å²) in [6.07, 6.45) is 5.31. The average Bonchev–Trinajstić information content (AvgIpc) is 3.25. The van der Waals surface area contributed by atoms with Gasteiger partial charge in [0.1, 0.15) is 0 Å². The number of aromatic nitrogens is 2. The molecule has 2 aliphatic rings. The number of carbonyl (C=O) groups excluding carboxylic acids is 1. The van der Waals surface area contributed by atoms with Crippen molar-refractivity contribution in [2.45, 2.75) is 71.0 Å². The predicted octanol–water partition coefficient (Wildman–Crippen LogP) is 3.68. The lowest BCUT2D eigenvalue weighted by molar-refractivity contribution is 0.0681. The van der Waals surface area contributed by atoms with Gasteiger partial charge in [0.2, 0.25) is 11.7 Å². The number of piperidine rings is 1. The molecule has 2 atom stereocenters. The molecule has 0 spiro atoms. The average molecular weight is 383 g/mol. The maximum atomic E-state index is 12.9. The monoisotopic (exact) mass is 382 g/mol. The van der Waals surface area contributed by atoms with Gasteiger partial charge >= 0.3 is 0 Å². The van der Waals surface area contributed by atoms with E-state index in [1.165, 1.54) is 12.8 Å². The topological polar surface area (TPSA) is 71.3 Å². The summed E-state index contributed by atoms with van der Waals surface area (Å²) in [5.41, 5.74) is 1.66. The lowest BCUT2D eigenvalue weighted by atomic mass is 9.92. The number of hydrogen-bond acceptors (Lipinski definition) is 5. The highest BCUT2D eigenvalue weighted by Gasteiger charge is 2.36. The van der Waals surface area contributed by atoms with Crippen molar-refractivity contribution in [2.75, 3.05) is 7.05 Å². The van der Waals surface area contributed by atoms with Gasteiger partial charge in [-0.25, -0.2) is 0 Å². The van der Waals surface area contributed by atoms with Crippen molar-refractivity contribution in [3.05, 3.63) is 35.7 Å². The van der Waals surface area contributed by atoms with Crippen LogP contribution in [0.25, 0.3) is 11.4 Å². The lowest BCUT2D eigenvalue weighted by Crippen LogP contribution is -2.48. The minimum Gasteiger partial charge on any atom is -0.339 e. The van der Waals surface area contributed by atoms with Gasteiger partial charge in [0, 0.05) is 42.7 Å². The van der Waals surface area contributed by atoms with Crippen molar-refractivity contribution in [1.29, 1.82) is 0 Å². The molecule has 2 unspecified atom stereocenters. The number of benzene rings is 1. The van der Waals surface area contributed by atoms with Crippen molar-refractivity contribution in [1.82, 2.24) is 20.4 Å². The van der Waals surface area contributed by atoms with E-state index in [9.17, 15) is 4.79 Å². The third-order valence-corrected chi connectivity index (χ3v) is 5.86. The van der Waals surface area contributed by atoms with E-state index in [4.69, 9.17) is 4.52 Å². The van der Waals surface area contributed by atoms with E-state index in [-0.39, 0.29) is 11.3 Å². The molecule has 0 aliphatic carbocycles. The summed E-state index contributed by atoms with van der Waals surface area (Å²) in [6.45, 7) is 6.42. The Hall–Kier alpha value is -2.21. The Morgan fingerprint density at radius 3 is 2.43 bits per heavy atom. The van der Waals surface area contributed by atoms with Gasteiger partial charge in [-0.05, 0) is 43.2 Å². The Balaban J connectivity index is 1.43. The molecular formula is C22H30N4O2. The zero-order valence-corrected chi connectivity index (χ0v) is 17.2. The fraction of sp³-hybridized carbons (Fsp3) is 0.591. The minimum atomic E-state index is 0.0828. The van der Waals surface area contributed by atoms with Crippen LogP contribution in [0.15, 0.2) is 28.8 Å². The van der Waals surface area contributed by atoms with Gasteiger partial charge in [-0.2, -0.15) is 4.98 Å². The van der Waals surface area contributed by atoms with E-state index >= 15 is 0 Å². The van der Waals surface area contributed by atoms with Crippen LogP contribution in [0, 0.1) is 5.41 Å². The Kier molecular flexibility index (Phi) is 5.00. The molecule has 1 aromatic carbocycles. The Bertz CT molecular complexity index is 825. The molecule has 2 aromatic rings. The zero-order chi connectivity index (χ0) is 19.9. The summed E-state index contributed by atoms with van der Waals surface area (Å²) < 4.78 is 5.37. The standard InChI is InChI=1S/C22H30N4O2/c1-22(2,3)13-19-24-20(25-28-19)14-5-7-15(8-6-14)21(27)26(4)18-11-16-9-10-17(12-18)23-16/h5-8,16-18,23H,9-13H2,1-4H3. The second-order valence-electron chi connectivity index (χ2n) is 9.51. The third kappa shape index (κ3) is 4.12. The van der Waals surface area contributed by atoms with Gasteiger partial charge in [-0.1, -0.05) is 38.1 Å². The van der Waals surface area contributed by atoms with Crippen molar-refractivity contribution in [3.63, 3.8) is 0 Å². The Labute approximate surface area is 166 Å². The number of carbonyl (C=O) groups is 1. The highest BCUT2D eigenvalue weighted by atomic mass is 16.5. The highest BCUT2D eigenvalue weighted by Crippen LogP contribution is 2.30. The van der Waals surface area contributed by atoms with Gasteiger partial charge < -0.3 is 14.7 Å². The number of nitrogens with zero attached hydrogens (tertiary/aromatic N) is 3. The SMILES string of the molecule is CN(C(=O)c1ccc(-c2noc(CC(C)(C)C)n2)cc1)C1CC2CCC(C1)N2. The molecule has 4 rings (SSSR count). The summed E-state index contributed by atoms with van der Waals surface area (Å²) in [4.78, 5) is 19.4. The summed E-state index contributed by atoms with van der Waals surface area (Å²) >= 11 is 0. The summed E-state index contributed by atoms with van der Waals surface area (Å²) in [5, 5.41) is 7.72. The number of amides is 1. The minimum absolute atomic E-state index is 0.0828. The predicted molar refractivity (Wildman–Crippen MR) is 108 cm³/mol. The van der Waals surface area contributed by atoms with Gasteiger partial charge in [0.15, 0.2) is 0 Å².